The van der Waals surface area contributed by atoms with Crippen LogP contribution in [0, 0.1) is 5.92 Å². The monoisotopic (exact) mass is 241 g/mol. The Labute approximate surface area is 94.6 Å². The first-order valence-corrected chi connectivity index (χ1v) is 5.73. The Balaban J connectivity index is 4.38. The van der Waals surface area contributed by atoms with Crippen molar-refractivity contribution in [1.29, 1.82) is 0 Å². The molecule has 0 saturated heterocycles. The van der Waals surface area contributed by atoms with Gasteiger partial charge in [-0.1, -0.05) is 13.8 Å². The maximum absolute atomic E-state index is 12.2. The zero-order chi connectivity index (χ0) is 11.8. The number of nitrogens with zero attached hydrogens (tertiary/aromatic N) is 1. The first kappa shape index (κ1) is 14.6. The van der Waals surface area contributed by atoms with Crippen LogP contribution >= 0.6 is 11.6 Å². The SMILES string of the molecule is CCC(CC)C(=O)N(CCCl)CC(F)F. The molecule has 0 aromatic carbocycles. The van der Waals surface area contributed by atoms with Crippen LogP contribution in [0.5, 0.6) is 0 Å². The summed E-state index contributed by atoms with van der Waals surface area (Å²) in [6, 6.07) is 0. The molecule has 0 radical (unpaired) electrons. The zero-order valence-corrected chi connectivity index (χ0v) is 9.94. The lowest BCUT2D eigenvalue weighted by molar-refractivity contribution is -0.137. The Morgan fingerprint density at radius 1 is 1.33 bits per heavy atom. The van der Waals surface area contributed by atoms with Crippen molar-refractivity contribution in [3.8, 4) is 0 Å². The van der Waals surface area contributed by atoms with Gasteiger partial charge < -0.3 is 4.90 Å². The molecule has 15 heavy (non-hydrogen) atoms. The van der Waals surface area contributed by atoms with Gasteiger partial charge >= 0.3 is 0 Å². The van der Waals surface area contributed by atoms with Crippen molar-refractivity contribution >= 4 is 17.5 Å². The van der Waals surface area contributed by atoms with Crippen LogP contribution < -0.4 is 0 Å². The Bertz CT molecular complexity index is 186. The summed E-state index contributed by atoms with van der Waals surface area (Å²) in [6.07, 6.45) is -1.14. The van der Waals surface area contributed by atoms with Crippen LogP contribution in [-0.4, -0.2) is 36.2 Å². The third-order valence-corrected chi connectivity index (χ3v) is 2.53. The van der Waals surface area contributed by atoms with E-state index < -0.39 is 13.0 Å². The van der Waals surface area contributed by atoms with Crippen molar-refractivity contribution in [2.24, 2.45) is 5.92 Å². The van der Waals surface area contributed by atoms with E-state index in [0.29, 0.717) is 12.8 Å². The summed E-state index contributed by atoms with van der Waals surface area (Å²) < 4.78 is 24.4. The van der Waals surface area contributed by atoms with Gasteiger partial charge in [0.15, 0.2) is 0 Å². The largest absolute Gasteiger partial charge is 0.336 e. The number of carbonyl (C=O) groups excluding carboxylic acids is 1. The first-order valence-electron chi connectivity index (χ1n) is 5.19. The molecule has 5 heteroatoms. The molecule has 0 spiro atoms. The van der Waals surface area contributed by atoms with E-state index >= 15 is 0 Å². The van der Waals surface area contributed by atoms with Crippen molar-refractivity contribution < 1.29 is 13.6 Å². The molecule has 0 aliphatic rings. The third-order valence-electron chi connectivity index (χ3n) is 2.36. The summed E-state index contributed by atoms with van der Waals surface area (Å²) >= 11 is 5.48. The van der Waals surface area contributed by atoms with E-state index in [0.717, 1.165) is 4.90 Å². The van der Waals surface area contributed by atoms with Crippen molar-refractivity contribution in [1.82, 2.24) is 4.90 Å². The average molecular weight is 242 g/mol. The lowest BCUT2D eigenvalue weighted by atomic mass is 10.0. The number of halogens is 3. The quantitative estimate of drug-likeness (QED) is 0.628. The summed E-state index contributed by atoms with van der Waals surface area (Å²) in [5.74, 6) is -0.175. The Hall–Kier alpha value is -0.380. The molecule has 0 N–H and O–H groups in total. The summed E-state index contributed by atoms with van der Waals surface area (Å²) in [5, 5.41) is 0. The standard InChI is InChI=1S/C10H18ClF2NO/c1-3-8(4-2)10(15)14(6-5-11)7-9(12)13/h8-9H,3-7H2,1-2H3. The Kier molecular flexibility index (Phi) is 7.65. The van der Waals surface area contributed by atoms with Gasteiger partial charge in [-0.25, -0.2) is 8.78 Å². The maximum Gasteiger partial charge on any atom is 0.255 e. The topological polar surface area (TPSA) is 20.3 Å². The van der Waals surface area contributed by atoms with E-state index in [1.165, 1.54) is 0 Å². The lowest BCUT2D eigenvalue weighted by Gasteiger charge is -2.25. The molecule has 0 atom stereocenters. The van der Waals surface area contributed by atoms with E-state index in [1.54, 1.807) is 0 Å². The summed E-state index contributed by atoms with van der Waals surface area (Å²) in [5.41, 5.74) is 0. The van der Waals surface area contributed by atoms with E-state index in [4.69, 9.17) is 11.6 Å². The maximum atomic E-state index is 12.2. The second-order valence-corrected chi connectivity index (χ2v) is 3.76. The van der Waals surface area contributed by atoms with Crippen LogP contribution in [-0.2, 0) is 4.79 Å². The van der Waals surface area contributed by atoms with E-state index in [2.05, 4.69) is 0 Å². The molecule has 2 nitrogen and oxygen atoms in total. The number of carbonyl (C=O) groups is 1. The molecule has 0 unspecified atom stereocenters. The van der Waals surface area contributed by atoms with E-state index in [1.807, 2.05) is 13.8 Å². The van der Waals surface area contributed by atoms with E-state index in [9.17, 15) is 13.6 Å². The van der Waals surface area contributed by atoms with Crippen LogP contribution in [0.25, 0.3) is 0 Å². The molecule has 0 saturated carbocycles. The van der Waals surface area contributed by atoms with Gasteiger partial charge in [0.1, 0.15) is 0 Å². The molecule has 0 aliphatic carbocycles. The summed E-state index contributed by atoms with van der Waals surface area (Å²) in [6.45, 7) is 3.45. The third kappa shape index (κ3) is 5.30. The fourth-order valence-electron chi connectivity index (χ4n) is 1.46. The highest BCUT2D eigenvalue weighted by Crippen LogP contribution is 2.13. The van der Waals surface area contributed by atoms with E-state index in [-0.39, 0.29) is 24.2 Å². The highest BCUT2D eigenvalue weighted by molar-refractivity contribution is 6.18. The number of alkyl halides is 3. The van der Waals surface area contributed by atoms with Crippen LogP contribution in [0.1, 0.15) is 26.7 Å². The van der Waals surface area contributed by atoms with Crippen molar-refractivity contribution in [3.05, 3.63) is 0 Å². The smallest absolute Gasteiger partial charge is 0.255 e. The molecular weight excluding hydrogens is 224 g/mol. The predicted molar refractivity (Wildman–Crippen MR) is 57.4 cm³/mol. The minimum atomic E-state index is -2.49. The van der Waals surface area contributed by atoms with Crippen molar-refractivity contribution in [2.75, 3.05) is 19.0 Å². The van der Waals surface area contributed by atoms with Crippen molar-refractivity contribution in [3.63, 3.8) is 0 Å². The van der Waals surface area contributed by atoms with Crippen LogP contribution in [0.15, 0.2) is 0 Å². The molecule has 0 bridgehead atoms. The first-order chi connectivity index (χ1) is 7.06. The fraction of sp³-hybridized carbons (Fsp3) is 0.900. The summed E-state index contributed by atoms with van der Waals surface area (Å²) in [4.78, 5) is 12.9. The highest BCUT2D eigenvalue weighted by Gasteiger charge is 2.23. The van der Waals surface area contributed by atoms with Gasteiger partial charge in [-0.2, -0.15) is 0 Å². The molecule has 0 aromatic rings. The molecule has 0 aliphatic heterocycles. The minimum absolute atomic E-state index is 0.160. The van der Waals surface area contributed by atoms with Crippen LogP contribution in [0.3, 0.4) is 0 Å². The Morgan fingerprint density at radius 2 is 1.87 bits per heavy atom. The number of amides is 1. The second-order valence-electron chi connectivity index (χ2n) is 3.38. The molecule has 0 rings (SSSR count). The second kappa shape index (κ2) is 7.85. The van der Waals surface area contributed by atoms with Gasteiger partial charge in [0.05, 0.1) is 6.54 Å². The molecule has 0 fully saturated rings. The van der Waals surface area contributed by atoms with Crippen LogP contribution in [0.4, 0.5) is 8.78 Å². The number of rotatable bonds is 7. The molecular formula is C10H18ClF2NO. The lowest BCUT2D eigenvalue weighted by Crippen LogP contribution is -2.40. The number of hydrogen-bond acceptors (Lipinski definition) is 1. The fourth-order valence-corrected chi connectivity index (χ4v) is 1.66. The van der Waals surface area contributed by atoms with Gasteiger partial charge in [-0.15, -0.1) is 11.6 Å². The minimum Gasteiger partial charge on any atom is -0.336 e. The van der Waals surface area contributed by atoms with Gasteiger partial charge in [0.2, 0.25) is 5.91 Å². The van der Waals surface area contributed by atoms with Crippen molar-refractivity contribution in [2.45, 2.75) is 33.1 Å². The van der Waals surface area contributed by atoms with Gasteiger partial charge in [0.25, 0.3) is 6.43 Å². The number of hydrogen-bond donors (Lipinski definition) is 0. The normalized spacial score (nSPS) is 11.1. The average Bonchev–Trinajstić information content (AvgIpc) is 2.18. The Morgan fingerprint density at radius 3 is 2.20 bits per heavy atom. The molecule has 0 aromatic heterocycles. The molecule has 1 amide bonds. The van der Waals surface area contributed by atoms with Gasteiger partial charge in [-0.3, -0.25) is 4.79 Å². The highest BCUT2D eigenvalue weighted by atomic mass is 35.5. The predicted octanol–water partition coefficient (Wildman–Crippen LogP) is 2.76. The van der Waals surface area contributed by atoms with Crippen LogP contribution in [0.2, 0.25) is 0 Å². The summed E-state index contributed by atoms with van der Waals surface area (Å²) in [7, 11) is 0. The van der Waals surface area contributed by atoms with Gasteiger partial charge in [-0.05, 0) is 12.8 Å². The zero-order valence-electron chi connectivity index (χ0n) is 9.18. The molecule has 0 heterocycles. The molecule has 90 valence electrons. The van der Waals surface area contributed by atoms with Gasteiger partial charge in [0, 0.05) is 18.3 Å².